The third kappa shape index (κ3) is 2.13. The zero-order chi connectivity index (χ0) is 13.6. The highest BCUT2D eigenvalue weighted by Gasteiger charge is 2.47. The molecule has 2 rings (SSSR count). The van der Waals surface area contributed by atoms with Crippen LogP contribution in [0.4, 0.5) is 0 Å². The smallest absolute Gasteiger partial charge is 0.0880 e. The molecule has 1 saturated carbocycles. The van der Waals surface area contributed by atoms with Crippen molar-refractivity contribution >= 4 is 0 Å². The largest absolute Gasteiger partial charge is 0.393 e. The van der Waals surface area contributed by atoms with Gasteiger partial charge in [-0.2, -0.15) is 0 Å². The van der Waals surface area contributed by atoms with Gasteiger partial charge in [0.15, 0.2) is 0 Å². The number of allylic oxidation sites excluding steroid dienone is 1. The van der Waals surface area contributed by atoms with Crippen molar-refractivity contribution < 1.29 is 15.3 Å². The predicted octanol–water partition coefficient (Wildman–Crippen LogP) is 2.01. The van der Waals surface area contributed by atoms with Crippen molar-refractivity contribution in [1.29, 1.82) is 0 Å². The Morgan fingerprint density at radius 3 is 2.67 bits per heavy atom. The lowest BCUT2D eigenvalue weighted by Crippen LogP contribution is -2.47. The minimum absolute atomic E-state index is 0.103. The van der Waals surface area contributed by atoms with Crippen LogP contribution in [0.15, 0.2) is 11.1 Å². The van der Waals surface area contributed by atoms with Crippen molar-refractivity contribution in [3.8, 4) is 0 Å². The van der Waals surface area contributed by atoms with Crippen molar-refractivity contribution in [2.45, 2.75) is 64.6 Å². The Labute approximate surface area is 110 Å². The fraction of sp³-hybridized carbons (Fsp3) is 0.867. The lowest BCUT2D eigenvalue weighted by atomic mass is 9.58. The fourth-order valence-corrected chi connectivity index (χ4v) is 3.72. The Morgan fingerprint density at radius 2 is 2.06 bits per heavy atom. The summed E-state index contributed by atoms with van der Waals surface area (Å²) >= 11 is 0. The number of fused-ring (bicyclic) bond motifs is 1. The van der Waals surface area contributed by atoms with E-state index in [1.807, 2.05) is 0 Å². The molecule has 1 fully saturated rings. The summed E-state index contributed by atoms with van der Waals surface area (Å²) in [6.07, 6.45) is 4.15. The molecule has 2 aliphatic rings. The van der Waals surface area contributed by atoms with Crippen molar-refractivity contribution in [3.63, 3.8) is 0 Å². The highest BCUT2D eigenvalue weighted by Crippen LogP contribution is 2.52. The second-order valence-corrected chi connectivity index (χ2v) is 6.69. The minimum Gasteiger partial charge on any atom is -0.393 e. The third-order valence-corrected chi connectivity index (χ3v) is 5.40. The first-order chi connectivity index (χ1) is 8.31. The zero-order valence-corrected chi connectivity index (χ0v) is 11.7. The second-order valence-electron chi connectivity index (χ2n) is 6.69. The number of hydrogen-bond acceptors (Lipinski definition) is 3. The Kier molecular flexibility index (Phi) is 3.60. The molecule has 0 aromatic carbocycles. The molecule has 0 radical (unpaired) electrons. The molecule has 104 valence electrons. The second kappa shape index (κ2) is 4.62. The van der Waals surface area contributed by atoms with Gasteiger partial charge in [0.05, 0.1) is 18.3 Å². The maximum Gasteiger partial charge on any atom is 0.0880 e. The van der Waals surface area contributed by atoms with Crippen molar-refractivity contribution in [2.75, 3.05) is 6.61 Å². The predicted molar refractivity (Wildman–Crippen MR) is 71.1 cm³/mol. The van der Waals surface area contributed by atoms with E-state index in [9.17, 15) is 15.3 Å². The highest BCUT2D eigenvalue weighted by molar-refractivity contribution is 5.28. The van der Waals surface area contributed by atoms with Gasteiger partial charge < -0.3 is 15.3 Å². The number of rotatable bonds is 2. The van der Waals surface area contributed by atoms with Gasteiger partial charge in [-0.3, -0.25) is 0 Å². The first-order valence-corrected chi connectivity index (χ1v) is 7.01. The number of hydrogen-bond donors (Lipinski definition) is 3. The zero-order valence-electron chi connectivity index (χ0n) is 11.7. The molecule has 0 aromatic heterocycles. The van der Waals surface area contributed by atoms with Crippen molar-refractivity contribution in [3.05, 3.63) is 11.1 Å². The summed E-state index contributed by atoms with van der Waals surface area (Å²) in [5.41, 5.74) is 1.59. The average Bonchev–Trinajstić information content (AvgIpc) is 2.34. The molecule has 0 spiro atoms. The standard InChI is InChI=1S/C15H26O3/c1-10-4-5-13(17)14(2)7-6-11(8-12(10)14)15(3,18)9-16/h11,13,16-18H,4-9H2,1-3H3/t11-,13-,14-,15?/m0/s1. The molecule has 0 heterocycles. The van der Waals surface area contributed by atoms with E-state index in [2.05, 4.69) is 13.8 Å². The maximum absolute atomic E-state index is 10.3. The lowest BCUT2D eigenvalue weighted by Gasteiger charge is -2.49. The van der Waals surface area contributed by atoms with Crippen LogP contribution < -0.4 is 0 Å². The molecular formula is C15H26O3. The quantitative estimate of drug-likeness (QED) is 0.661. The van der Waals surface area contributed by atoms with E-state index in [4.69, 9.17) is 0 Å². The van der Waals surface area contributed by atoms with Gasteiger partial charge in [0.1, 0.15) is 0 Å². The Hall–Kier alpha value is -0.380. The molecule has 3 heteroatoms. The molecule has 0 saturated heterocycles. The molecule has 0 aromatic rings. The fourth-order valence-electron chi connectivity index (χ4n) is 3.72. The van der Waals surface area contributed by atoms with Crippen LogP contribution in [0.25, 0.3) is 0 Å². The van der Waals surface area contributed by atoms with Crippen LogP contribution in [-0.4, -0.2) is 33.6 Å². The van der Waals surface area contributed by atoms with E-state index in [1.54, 1.807) is 6.92 Å². The van der Waals surface area contributed by atoms with Crippen LogP contribution in [0.3, 0.4) is 0 Å². The van der Waals surface area contributed by atoms with Gasteiger partial charge in [0.2, 0.25) is 0 Å². The van der Waals surface area contributed by atoms with Crippen LogP contribution in [0.1, 0.15) is 52.9 Å². The SMILES string of the molecule is CC1=C2C[C@@H](C(C)(O)CO)CC[C@]2(C)[C@@H](O)CC1. The molecule has 18 heavy (non-hydrogen) atoms. The monoisotopic (exact) mass is 254 g/mol. The molecular weight excluding hydrogens is 228 g/mol. The van der Waals surface area contributed by atoms with E-state index >= 15 is 0 Å². The van der Waals surface area contributed by atoms with Gasteiger partial charge >= 0.3 is 0 Å². The highest BCUT2D eigenvalue weighted by atomic mass is 16.3. The van der Waals surface area contributed by atoms with E-state index in [1.165, 1.54) is 11.1 Å². The molecule has 0 aliphatic heterocycles. The summed E-state index contributed by atoms with van der Waals surface area (Å²) in [6.45, 7) is 5.83. The normalized spacial score (nSPS) is 40.3. The Balaban J connectivity index is 2.27. The van der Waals surface area contributed by atoms with Gasteiger partial charge in [-0.25, -0.2) is 0 Å². The molecule has 3 N–H and O–H groups in total. The summed E-state index contributed by atoms with van der Waals surface area (Å²) in [5, 5.41) is 29.8. The van der Waals surface area contributed by atoms with Crippen molar-refractivity contribution in [2.24, 2.45) is 11.3 Å². The minimum atomic E-state index is -1.00. The molecule has 3 nitrogen and oxygen atoms in total. The van der Waals surface area contributed by atoms with Gasteiger partial charge in [0, 0.05) is 5.41 Å². The van der Waals surface area contributed by atoms with Crippen LogP contribution in [0.5, 0.6) is 0 Å². The van der Waals surface area contributed by atoms with E-state index < -0.39 is 5.60 Å². The molecule has 4 atom stereocenters. The average molecular weight is 254 g/mol. The first kappa shape index (κ1) is 14.0. The summed E-state index contributed by atoms with van der Waals surface area (Å²) in [4.78, 5) is 0. The number of aliphatic hydroxyl groups excluding tert-OH is 2. The van der Waals surface area contributed by atoms with E-state index in [0.29, 0.717) is 0 Å². The van der Waals surface area contributed by atoms with Crippen LogP contribution >= 0.6 is 0 Å². The Morgan fingerprint density at radius 1 is 1.39 bits per heavy atom. The van der Waals surface area contributed by atoms with Crippen LogP contribution in [-0.2, 0) is 0 Å². The van der Waals surface area contributed by atoms with Gasteiger partial charge in [-0.05, 0) is 51.9 Å². The molecule has 2 aliphatic carbocycles. The third-order valence-electron chi connectivity index (χ3n) is 5.40. The van der Waals surface area contributed by atoms with Gasteiger partial charge in [-0.1, -0.05) is 18.1 Å². The van der Waals surface area contributed by atoms with Gasteiger partial charge in [-0.15, -0.1) is 0 Å². The van der Waals surface area contributed by atoms with Crippen LogP contribution in [0.2, 0.25) is 0 Å². The number of aliphatic hydroxyl groups is 3. The summed E-state index contributed by atoms with van der Waals surface area (Å²) < 4.78 is 0. The topological polar surface area (TPSA) is 60.7 Å². The lowest BCUT2D eigenvalue weighted by molar-refractivity contribution is -0.0704. The summed E-state index contributed by atoms with van der Waals surface area (Å²) in [6, 6.07) is 0. The van der Waals surface area contributed by atoms with E-state index in [-0.39, 0.29) is 24.0 Å². The maximum atomic E-state index is 10.3. The Bertz CT molecular complexity index is 359. The molecule has 0 amide bonds. The summed E-state index contributed by atoms with van der Waals surface area (Å²) in [5.74, 6) is 0.103. The van der Waals surface area contributed by atoms with E-state index in [0.717, 1.165) is 32.1 Å². The van der Waals surface area contributed by atoms with Crippen molar-refractivity contribution in [1.82, 2.24) is 0 Å². The first-order valence-electron chi connectivity index (χ1n) is 7.01. The molecule has 0 bridgehead atoms. The van der Waals surface area contributed by atoms with Gasteiger partial charge in [0.25, 0.3) is 0 Å². The molecule has 1 unspecified atom stereocenters. The summed E-state index contributed by atoms with van der Waals surface area (Å²) in [7, 11) is 0. The van der Waals surface area contributed by atoms with Crippen LogP contribution in [0, 0.1) is 11.3 Å².